The summed E-state index contributed by atoms with van der Waals surface area (Å²) in [6.07, 6.45) is 1.85. The highest BCUT2D eigenvalue weighted by Crippen LogP contribution is 2.26. The Balaban J connectivity index is 1.65. The molecular formula is C23H30N2O3. The fourth-order valence-corrected chi connectivity index (χ4v) is 3.69. The zero-order chi connectivity index (χ0) is 20.3. The van der Waals surface area contributed by atoms with Gasteiger partial charge in [-0.15, -0.1) is 0 Å². The number of hydrogen-bond acceptors (Lipinski definition) is 3. The molecule has 1 aliphatic rings. The number of amides is 2. The Kier molecular flexibility index (Phi) is 6.22. The minimum Gasteiger partial charge on any atom is -0.467 e. The van der Waals surface area contributed by atoms with E-state index in [4.69, 9.17) is 4.42 Å². The largest absolute Gasteiger partial charge is 0.467 e. The Labute approximate surface area is 167 Å². The van der Waals surface area contributed by atoms with Gasteiger partial charge in [-0.3, -0.25) is 9.59 Å². The van der Waals surface area contributed by atoms with Gasteiger partial charge in [0.1, 0.15) is 5.76 Å². The SMILES string of the molecule is CC(C)c1ccc(C(NC(=O)C2CC(=O)N(Cc3ccco3)C2)C(C)C)cc1. The number of likely N-dealkylation sites (tertiary alicyclic amines) is 1. The van der Waals surface area contributed by atoms with Gasteiger partial charge in [-0.1, -0.05) is 52.0 Å². The van der Waals surface area contributed by atoms with Gasteiger partial charge in [0.15, 0.2) is 0 Å². The van der Waals surface area contributed by atoms with Gasteiger partial charge in [-0.2, -0.15) is 0 Å². The molecule has 150 valence electrons. The second kappa shape index (κ2) is 8.63. The number of carbonyl (C=O) groups is 2. The van der Waals surface area contributed by atoms with Gasteiger partial charge in [0.25, 0.3) is 0 Å². The Morgan fingerprint density at radius 1 is 1.14 bits per heavy atom. The van der Waals surface area contributed by atoms with Crippen molar-refractivity contribution in [1.82, 2.24) is 10.2 Å². The first-order valence-electron chi connectivity index (χ1n) is 10.1. The summed E-state index contributed by atoms with van der Waals surface area (Å²) < 4.78 is 5.33. The molecule has 5 heteroatoms. The van der Waals surface area contributed by atoms with Crippen molar-refractivity contribution >= 4 is 11.8 Å². The van der Waals surface area contributed by atoms with Gasteiger partial charge in [0, 0.05) is 13.0 Å². The molecule has 0 spiro atoms. The van der Waals surface area contributed by atoms with Crippen LogP contribution < -0.4 is 5.32 Å². The first-order chi connectivity index (χ1) is 13.3. The predicted octanol–water partition coefficient (Wildman–Crippen LogP) is 4.27. The van der Waals surface area contributed by atoms with E-state index in [9.17, 15) is 9.59 Å². The zero-order valence-corrected chi connectivity index (χ0v) is 17.1. The van der Waals surface area contributed by atoms with Crippen molar-refractivity contribution in [2.75, 3.05) is 6.54 Å². The Bertz CT molecular complexity index is 794. The maximum absolute atomic E-state index is 12.9. The van der Waals surface area contributed by atoms with Crippen LogP contribution in [0.1, 0.15) is 63.0 Å². The molecule has 0 bridgehead atoms. The molecule has 2 amide bonds. The van der Waals surface area contributed by atoms with E-state index in [0.29, 0.717) is 19.0 Å². The lowest BCUT2D eigenvalue weighted by atomic mass is 9.92. The topological polar surface area (TPSA) is 62.6 Å². The fourth-order valence-electron chi connectivity index (χ4n) is 3.69. The third kappa shape index (κ3) is 4.64. The van der Waals surface area contributed by atoms with Crippen LogP contribution in [-0.2, 0) is 16.1 Å². The predicted molar refractivity (Wildman–Crippen MR) is 108 cm³/mol. The van der Waals surface area contributed by atoms with Crippen LogP contribution in [0.4, 0.5) is 0 Å². The van der Waals surface area contributed by atoms with E-state index in [0.717, 1.165) is 11.3 Å². The average Bonchev–Trinajstić information content (AvgIpc) is 3.30. The maximum atomic E-state index is 12.9. The molecule has 2 unspecified atom stereocenters. The Hall–Kier alpha value is -2.56. The second-order valence-corrected chi connectivity index (χ2v) is 8.31. The van der Waals surface area contributed by atoms with Gasteiger partial charge in [-0.25, -0.2) is 0 Å². The number of nitrogens with one attached hydrogen (secondary N) is 1. The van der Waals surface area contributed by atoms with Crippen LogP contribution in [0.15, 0.2) is 47.1 Å². The number of carbonyl (C=O) groups excluding carboxylic acids is 2. The summed E-state index contributed by atoms with van der Waals surface area (Å²) in [7, 11) is 0. The molecule has 0 aliphatic carbocycles. The molecule has 1 saturated heterocycles. The molecule has 2 atom stereocenters. The van der Waals surface area contributed by atoms with Gasteiger partial charge < -0.3 is 14.6 Å². The Morgan fingerprint density at radius 2 is 1.82 bits per heavy atom. The number of rotatable bonds is 7. The quantitative estimate of drug-likeness (QED) is 0.778. The van der Waals surface area contributed by atoms with Crippen LogP contribution in [0.3, 0.4) is 0 Å². The molecule has 5 nitrogen and oxygen atoms in total. The zero-order valence-electron chi connectivity index (χ0n) is 17.1. The van der Waals surface area contributed by atoms with Crippen LogP contribution in [0.2, 0.25) is 0 Å². The molecule has 3 rings (SSSR count). The van der Waals surface area contributed by atoms with Crippen molar-refractivity contribution in [3.63, 3.8) is 0 Å². The smallest absolute Gasteiger partial charge is 0.225 e. The van der Waals surface area contributed by atoms with Crippen LogP contribution in [0, 0.1) is 11.8 Å². The van der Waals surface area contributed by atoms with E-state index >= 15 is 0 Å². The second-order valence-electron chi connectivity index (χ2n) is 8.31. The monoisotopic (exact) mass is 382 g/mol. The summed E-state index contributed by atoms with van der Waals surface area (Å²) in [6.45, 7) is 9.39. The van der Waals surface area contributed by atoms with E-state index in [2.05, 4.69) is 57.3 Å². The molecule has 28 heavy (non-hydrogen) atoms. The van der Waals surface area contributed by atoms with Gasteiger partial charge in [0.05, 0.1) is 24.8 Å². The number of nitrogens with zero attached hydrogens (tertiary/aromatic N) is 1. The molecule has 2 aromatic rings. The average molecular weight is 383 g/mol. The van der Waals surface area contributed by atoms with Crippen molar-refractivity contribution in [2.24, 2.45) is 11.8 Å². The highest BCUT2D eigenvalue weighted by Gasteiger charge is 2.35. The molecule has 1 aliphatic heterocycles. The summed E-state index contributed by atoms with van der Waals surface area (Å²) >= 11 is 0. The number of benzene rings is 1. The van der Waals surface area contributed by atoms with Crippen molar-refractivity contribution in [3.8, 4) is 0 Å². The molecule has 0 saturated carbocycles. The molecular weight excluding hydrogens is 352 g/mol. The molecule has 1 fully saturated rings. The van der Waals surface area contributed by atoms with E-state index in [-0.39, 0.29) is 36.1 Å². The third-order valence-corrected chi connectivity index (χ3v) is 5.44. The first-order valence-corrected chi connectivity index (χ1v) is 10.1. The molecule has 1 aromatic heterocycles. The Morgan fingerprint density at radius 3 is 2.39 bits per heavy atom. The summed E-state index contributed by atoms with van der Waals surface area (Å²) in [4.78, 5) is 26.9. The fraction of sp³-hybridized carbons (Fsp3) is 0.478. The normalized spacial score (nSPS) is 18.1. The highest BCUT2D eigenvalue weighted by atomic mass is 16.3. The summed E-state index contributed by atoms with van der Waals surface area (Å²) in [5.41, 5.74) is 2.39. The van der Waals surface area contributed by atoms with Crippen LogP contribution in [0.25, 0.3) is 0 Å². The van der Waals surface area contributed by atoms with Gasteiger partial charge in [0.2, 0.25) is 11.8 Å². The molecule has 2 heterocycles. The van der Waals surface area contributed by atoms with Gasteiger partial charge in [-0.05, 0) is 35.1 Å². The van der Waals surface area contributed by atoms with Crippen molar-refractivity contribution in [2.45, 2.75) is 52.6 Å². The molecule has 0 radical (unpaired) electrons. The van der Waals surface area contributed by atoms with E-state index in [1.807, 2.05) is 6.07 Å². The van der Waals surface area contributed by atoms with E-state index in [1.54, 1.807) is 17.2 Å². The number of furan rings is 1. The first kappa shape index (κ1) is 20.2. The summed E-state index contributed by atoms with van der Waals surface area (Å²) in [5.74, 6) is 1.09. The van der Waals surface area contributed by atoms with Crippen molar-refractivity contribution in [3.05, 3.63) is 59.5 Å². The lowest BCUT2D eigenvalue weighted by Gasteiger charge is -2.25. The van der Waals surface area contributed by atoms with Crippen LogP contribution >= 0.6 is 0 Å². The minimum atomic E-state index is -0.321. The van der Waals surface area contributed by atoms with Crippen molar-refractivity contribution < 1.29 is 14.0 Å². The molecule has 1 aromatic carbocycles. The van der Waals surface area contributed by atoms with Gasteiger partial charge >= 0.3 is 0 Å². The number of hydrogen-bond donors (Lipinski definition) is 1. The van der Waals surface area contributed by atoms with E-state index in [1.165, 1.54) is 5.56 Å². The lowest BCUT2D eigenvalue weighted by Crippen LogP contribution is -2.37. The lowest BCUT2D eigenvalue weighted by molar-refractivity contribution is -0.129. The highest BCUT2D eigenvalue weighted by molar-refractivity contribution is 5.89. The third-order valence-electron chi connectivity index (χ3n) is 5.44. The summed E-state index contributed by atoms with van der Waals surface area (Å²) in [5, 5.41) is 3.18. The minimum absolute atomic E-state index is 0.000988. The summed E-state index contributed by atoms with van der Waals surface area (Å²) in [6, 6.07) is 12.0. The van der Waals surface area contributed by atoms with Crippen LogP contribution in [-0.4, -0.2) is 23.3 Å². The van der Waals surface area contributed by atoms with Crippen LogP contribution in [0.5, 0.6) is 0 Å². The standard InChI is InChI=1S/C23H30N2O3/c1-15(2)17-7-9-18(10-8-17)22(16(3)4)24-23(27)19-12-21(26)25(13-19)14-20-6-5-11-28-20/h5-11,15-16,19,22H,12-14H2,1-4H3,(H,24,27). The van der Waals surface area contributed by atoms with Crippen molar-refractivity contribution in [1.29, 1.82) is 0 Å². The molecule has 1 N–H and O–H groups in total. The maximum Gasteiger partial charge on any atom is 0.225 e. The van der Waals surface area contributed by atoms with E-state index < -0.39 is 0 Å².